The van der Waals surface area contributed by atoms with Gasteiger partial charge in [0.25, 0.3) is 0 Å². The fourth-order valence-electron chi connectivity index (χ4n) is 2.94. The van der Waals surface area contributed by atoms with Crippen LogP contribution in [-0.4, -0.2) is 23.0 Å². The molecule has 0 bridgehead atoms. The molecule has 112 valence electrons. The molecule has 4 nitrogen and oxygen atoms in total. The van der Waals surface area contributed by atoms with Gasteiger partial charge in [0, 0.05) is 17.5 Å². The molecule has 3 rings (SSSR count). The first-order chi connectivity index (χ1) is 9.99. The first-order valence-electron chi connectivity index (χ1n) is 6.96. The van der Waals surface area contributed by atoms with Crippen LogP contribution in [0, 0.1) is 23.5 Å². The lowest BCUT2D eigenvalue weighted by Gasteiger charge is -2.32. The van der Waals surface area contributed by atoms with Gasteiger partial charge in [-0.3, -0.25) is 9.59 Å². The highest BCUT2D eigenvalue weighted by Crippen LogP contribution is 2.44. The van der Waals surface area contributed by atoms with Crippen molar-refractivity contribution in [1.29, 1.82) is 0 Å². The minimum absolute atomic E-state index is 0.00574. The summed E-state index contributed by atoms with van der Waals surface area (Å²) in [6.07, 6.45) is 1.53. The number of hydrogen-bond donors (Lipinski definition) is 2. The summed E-state index contributed by atoms with van der Waals surface area (Å²) in [5, 5.41) is 11.6. The lowest BCUT2D eigenvalue weighted by Crippen LogP contribution is -2.44. The Hall–Kier alpha value is -1.98. The molecule has 0 radical (unpaired) electrons. The van der Waals surface area contributed by atoms with Gasteiger partial charge in [0.1, 0.15) is 11.6 Å². The number of aliphatic carboxylic acids is 1. The van der Waals surface area contributed by atoms with Crippen LogP contribution in [0.4, 0.5) is 8.78 Å². The summed E-state index contributed by atoms with van der Waals surface area (Å²) >= 11 is 0. The van der Waals surface area contributed by atoms with Crippen LogP contribution in [0.15, 0.2) is 18.2 Å². The molecule has 21 heavy (non-hydrogen) atoms. The second kappa shape index (κ2) is 5.09. The number of hydrogen-bond acceptors (Lipinski definition) is 2. The molecule has 1 aromatic carbocycles. The average Bonchev–Trinajstić information content (AvgIpc) is 3.05. The lowest BCUT2D eigenvalue weighted by atomic mass is 9.73. The maximum atomic E-state index is 13.6. The smallest absolute Gasteiger partial charge is 0.307 e. The maximum Gasteiger partial charge on any atom is 0.307 e. The van der Waals surface area contributed by atoms with Crippen LogP contribution in [-0.2, 0) is 9.59 Å². The summed E-state index contributed by atoms with van der Waals surface area (Å²) < 4.78 is 27.3. The Morgan fingerprint density at radius 2 is 1.76 bits per heavy atom. The van der Waals surface area contributed by atoms with E-state index in [4.69, 9.17) is 5.11 Å². The van der Waals surface area contributed by atoms with E-state index >= 15 is 0 Å². The zero-order valence-corrected chi connectivity index (χ0v) is 11.2. The quantitative estimate of drug-likeness (QED) is 0.893. The molecule has 0 spiro atoms. The fraction of sp³-hybridized carbons (Fsp3) is 0.467. The van der Waals surface area contributed by atoms with Crippen molar-refractivity contribution < 1.29 is 23.5 Å². The highest BCUT2D eigenvalue weighted by molar-refractivity contribution is 5.86. The van der Waals surface area contributed by atoms with Crippen LogP contribution < -0.4 is 5.32 Å². The van der Waals surface area contributed by atoms with Crippen molar-refractivity contribution in [2.24, 2.45) is 11.8 Å². The van der Waals surface area contributed by atoms with E-state index in [1.54, 1.807) is 0 Å². The first-order valence-corrected chi connectivity index (χ1v) is 6.96. The molecule has 0 heterocycles. The minimum atomic E-state index is -0.964. The number of carboxylic acids is 1. The second-order valence-electron chi connectivity index (χ2n) is 5.72. The van der Waals surface area contributed by atoms with Gasteiger partial charge in [-0.1, -0.05) is 6.07 Å². The Bertz CT molecular complexity index is 584. The Morgan fingerprint density at radius 1 is 1.14 bits per heavy atom. The highest BCUT2D eigenvalue weighted by Gasteiger charge is 2.47. The van der Waals surface area contributed by atoms with Crippen LogP contribution in [0.5, 0.6) is 0 Å². The van der Waals surface area contributed by atoms with E-state index in [9.17, 15) is 18.4 Å². The SMILES string of the molecule is O=C(O)C1CCC1C(=O)NC1CC1c1c(F)cccc1F. The molecule has 4 unspecified atom stereocenters. The standard InChI is InChI=1S/C15H15F2NO3/c16-10-2-1-3-11(17)13(10)9-6-12(9)18-14(19)7-4-5-8(7)15(20)21/h1-3,7-9,12H,4-6H2,(H,18,19)(H,20,21). The van der Waals surface area contributed by atoms with Gasteiger partial charge in [0.15, 0.2) is 0 Å². The van der Waals surface area contributed by atoms with Crippen molar-refractivity contribution in [3.8, 4) is 0 Å². The zero-order valence-electron chi connectivity index (χ0n) is 11.2. The Kier molecular flexibility index (Phi) is 3.39. The van der Waals surface area contributed by atoms with E-state index in [-0.39, 0.29) is 23.4 Å². The van der Waals surface area contributed by atoms with E-state index in [0.717, 1.165) is 0 Å². The molecule has 2 fully saturated rings. The van der Waals surface area contributed by atoms with Crippen molar-refractivity contribution >= 4 is 11.9 Å². The molecule has 2 aliphatic carbocycles. The third-order valence-electron chi connectivity index (χ3n) is 4.42. The van der Waals surface area contributed by atoms with Crippen LogP contribution in [0.1, 0.15) is 30.7 Å². The fourth-order valence-corrected chi connectivity index (χ4v) is 2.94. The van der Waals surface area contributed by atoms with Crippen LogP contribution >= 0.6 is 0 Å². The molecular formula is C15H15F2NO3. The van der Waals surface area contributed by atoms with E-state index < -0.39 is 29.4 Å². The van der Waals surface area contributed by atoms with Gasteiger partial charge >= 0.3 is 5.97 Å². The summed E-state index contributed by atoms with van der Waals surface area (Å²) in [4.78, 5) is 22.9. The van der Waals surface area contributed by atoms with E-state index in [0.29, 0.717) is 19.3 Å². The number of carbonyl (C=O) groups is 2. The molecule has 4 atom stereocenters. The monoisotopic (exact) mass is 295 g/mol. The predicted octanol–water partition coefficient (Wildman–Crippen LogP) is 2.05. The van der Waals surface area contributed by atoms with Crippen LogP contribution in [0.25, 0.3) is 0 Å². The van der Waals surface area contributed by atoms with Crippen molar-refractivity contribution in [3.05, 3.63) is 35.4 Å². The van der Waals surface area contributed by atoms with Gasteiger partial charge in [-0.05, 0) is 31.4 Å². The number of carboxylic acid groups (broad SMARTS) is 1. The molecule has 1 amide bonds. The summed E-state index contributed by atoms with van der Waals surface area (Å²) in [5.41, 5.74) is 0.00574. The van der Waals surface area contributed by atoms with Crippen molar-refractivity contribution in [1.82, 2.24) is 5.32 Å². The summed E-state index contributed by atoms with van der Waals surface area (Å²) in [7, 11) is 0. The predicted molar refractivity (Wildman–Crippen MR) is 69.5 cm³/mol. The normalized spacial score (nSPS) is 30.4. The molecule has 2 N–H and O–H groups in total. The number of carbonyl (C=O) groups excluding carboxylic acids is 1. The van der Waals surface area contributed by atoms with Gasteiger partial charge in [-0.2, -0.15) is 0 Å². The number of amides is 1. The van der Waals surface area contributed by atoms with Gasteiger partial charge in [-0.25, -0.2) is 8.78 Å². The Balaban J connectivity index is 1.62. The Morgan fingerprint density at radius 3 is 2.29 bits per heavy atom. The van der Waals surface area contributed by atoms with Crippen molar-refractivity contribution in [2.45, 2.75) is 31.2 Å². The topological polar surface area (TPSA) is 66.4 Å². The molecule has 2 saturated carbocycles. The van der Waals surface area contributed by atoms with Gasteiger partial charge in [-0.15, -0.1) is 0 Å². The molecule has 0 aliphatic heterocycles. The maximum absolute atomic E-state index is 13.6. The number of halogens is 2. The van der Waals surface area contributed by atoms with Gasteiger partial charge in [0.2, 0.25) is 5.91 Å². The second-order valence-corrected chi connectivity index (χ2v) is 5.72. The summed E-state index contributed by atoms with van der Waals surface area (Å²) in [6.45, 7) is 0. The van der Waals surface area contributed by atoms with Crippen molar-refractivity contribution in [3.63, 3.8) is 0 Å². The van der Waals surface area contributed by atoms with Gasteiger partial charge in [0.05, 0.1) is 11.8 Å². The van der Waals surface area contributed by atoms with Crippen LogP contribution in [0.3, 0.4) is 0 Å². The van der Waals surface area contributed by atoms with E-state index in [2.05, 4.69) is 5.32 Å². The number of nitrogens with one attached hydrogen (secondary N) is 1. The molecule has 0 aromatic heterocycles. The number of benzene rings is 1. The molecule has 0 saturated heterocycles. The Labute approximate surface area is 120 Å². The number of rotatable bonds is 4. The molecule has 6 heteroatoms. The van der Waals surface area contributed by atoms with E-state index in [1.165, 1.54) is 18.2 Å². The third-order valence-corrected chi connectivity index (χ3v) is 4.42. The third kappa shape index (κ3) is 2.50. The van der Waals surface area contributed by atoms with E-state index in [1.807, 2.05) is 0 Å². The summed E-state index contributed by atoms with van der Waals surface area (Å²) in [5.74, 6) is -4.01. The largest absolute Gasteiger partial charge is 0.481 e. The zero-order chi connectivity index (χ0) is 15.1. The van der Waals surface area contributed by atoms with Crippen LogP contribution in [0.2, 0.25) is 0 Å². The highest BCUT2D eigenvalue weighted by atomic mass is 19.1. The molecular weight excluding hydrogens is 280 g/mol. The minimum Gasteiger partial charge on any atom is -0.481 e. The van der Waals surface area contributed by atoms with Crippen molar-refractivity contribution in [2.75, 3.05) is 0 Å². The molecule has 2 aliphatic rings. The first kappa shape index (κ1) is 14.0. The lowest BCUT2D eigenvalue weighted by molar-refractivity contribution is -0.152. The van der Waals surface area contributed by atoms with Gasteiger partial charge < -0.3 is 10.4 Å². The average molecular weight is 295 g/mol. The molecule has 1 aromatic rings. The summed E-state index contributed by atoms with van der Waals surface area (Å²) in [6, 6.07) is 3.39.